The maximum Gasteiger partial charge on any atom is 0.209 e. The van der Waals surface area contributed by atoms with Crippen LogP contribution in [0.4, 0.5) is 10.1 Å². The first-order valence-electron chi connectivity index (χ1n) is 10.9. The van der Waals surface area contributed by atoms with Gasteiger partial charge in [0.05, 0.1) is 29.6 Å². The Morgan fingerprint density at radius 1 is 1.25 bits per heavy atom. The second kappa shape index (κ2) is 10.1. The van der Waals surface area contributed by atoms with Crippen LogP contribution in [0.5, 0.6) is 0 Å². The number of aromatic amines is 1. The summed E-state index contributed by atoms with van der Waals surface area (Å²) in [6, 6.07) is 7.64. The number of benzene rings is 1. The van der Waals surface area contributed by atoms with E-state index < -0.39 is 0 Å². The second-order valence-electron chi connectivity index (χ2n) is 8.55. The van der Waals surface area contributed by atoms with Crippen molar-refractivity contribution in [3.05, 3.63) is 47.5 Å². The normalized spacial score (nSPS) is 17.3. The molecular formula is C22H29FN8O. The van der Waals surface area contributed by atoms with Crippen molar-refractivity contribution in [2.24, 2.45) is 5.92 Å². The molecule has 1 fully saturated rings. The predicted octanol–water partition coefficient (Wildman–Crippen LogP) is 2.33. The van der Waals surface area contributed by atoms with Gasteiger partial charge in [0.25, 0.3) is 0 Å². The lowest BCUT2D eigenvalue weighted by Crippen LogP contribution is -2.54. The summed E-state index contributed by atoms with van der Waals surface area (Å²) in [6.07, 6.45) is 2.47. The molecule has 1 aliphatic heterocycles. The topological polar surface area (TPSA) is 96.0 Å². The molecule has 1 N–H and O–H groups in total. The van der Waals surface area contributed by atoms with Gasteiger partial charge in [0.2, 0.25) is 5.82 Å². The van der Waals surface area contributed by atoms with Crippen molar-refractivity contribution in [2.75, 3.05) is 38.3 Å². The highest BCUT2D eigenvalue weighted by atomic mass is 19.1. The molecule has 0 aliphatic carbocycles. The number of hydrogen-bond donors (Lipinski definition) is 1. The Hall–Kier alpha value is -2.98. The van der Waals surface area contributed by atoms with E-state index in [-0.39, 0.29) is 17.7 Å². The van der Waals surface area contributed by atoms with Crippen LogP contribution in [0.1, 0.15) is 25.1 Å². The largest absolute Gasteiger partial charge is 0.383 e. The third-order valence-corrected chi connectivity index (χ3v) is 5.64. The van der Waals surface area contributed by atoms with Crippen LogP contribution in [0, 0.1) is 11.7 Å². The zero-order valence-electron chi connectivity index (χ0n) is 18.7. The third-order valence-electron chi connectivity index (χ3n) is 5.64. The molecule has 1 atom stereocenters. The molecular weight excluding hydrogens is 411 g/mol. The number of tetrazole rings is 1. The first-order chi connectivity index (χ1) is 15.5. The van der Waals surface area contributed by atoms with Gasteiger partial charge in [0.15, 0.2) is 0 Å². The number of piperazine rings is 1. The van der Waals surface area contributed by atoms with Gasteiger partial charge in [-0.1, -0.05) is 13.8 Å². The van der Waals surface area contributed by atoms with E-state index >= 15 is 4.39 Å². The van der Waals surface area contributed by atoms with Gasteiger partial charge >= 0.3 is 0 Å². The van der Waals surface area contributed by atoms with Crippen LogP contribution in [0.3, 0.4) is 0 Å². The van der Waals surface area contributed by atoms with Crippen molar-refractivity contribution < 1.29 is 9.13 Å². The molecule has 1 aliphatic rings. The maximum absolute atomic E-state index is 15.3. The van der Waals surface area contributed by atoms with Crippen molar-refractivity contribution in [3.8, 4) is 11.4 Å². The fourth-order valence-corrected chi connectivity index (χ4v) is 4.27. The van der Waals surface area contributed by atoms with Gasteiger partial charge in [-0.05, 0) is 47.4 Å². The molecule has 170 valence electrons. The van der Waals surface area contributed by atoms with Gasteiger partial charge in [-0.25, -0.2) is 4.39 Å². The molecule has 10 heteroatoms. The summed E-state index contributed by atoms with van der Waals surface area (Å²) in [4.78, 5) is 4.54. The summed E-state index contributed by atoms with van der Waals surface area (Å²) in [5.41, 5.74) is 3.05. The minimum absolute atomic E-state index is 0.116. The van der Waals surface area contributed by atoms with Crippen molar-refractivity contribution in [1.29, 1.82) is 0 Å². The number of hydrogen-bond acceptors (Lipinski definition) is 8. The van der Waals surface area contributed by atoms with Crippen LogP contribution in [0.15, 0.2) is 30.5 Å². The molecule has 3 heterocycles. The standard InChI is InChI=1S/C22H29FN8O/c1-15(2)9-16-10-19(23)21(22-26-28-29-27-22)20(11-16)31-8-7-30(18(13-31)14-32-3)12-17-5-4-6-24-25-17/h4-6,10-11,15,18H,7-9,12-14H2,1-3H3,(H,26,27,28,29). The lowest BCUT2D eigenvalue weighted by atomic mass is 9.98. The average Bonchev–Trinajstić information content (AvgIpc) is 3.29. The summed E-state index contributed by atoms with van der Waals surface area (Å²) in [5, 5.41) is 22.4. The molecule has 0 bridgehead atoms. The molecule has 4 rings (SSSR count). The fourth-order valence-electron chi connectivity index (χ4n) is 4.27. The quantitative estimate of drug-likeness (QED) is 0.570. The number of nitrogens with one attached hydrogen (secondary N) is 1. The summed E-state index contributed by atoms with van der Waals surface area (Å²) in [5.74, 6) is 0.354. The molecule has 2 aromatic heterocycles. The Balaban J connectivity index is 1.64. The number of halogens is 1. The highest BCUT2D eigenvalue weighted by Crippen LogP contribution is 2.34. The van der Waals surface area contributed by atoms with E-state index in [2.05, 4.69) is 60.5 Å². The first-order valence-corrected chi connectivity index (χ1v) is 10.9. The van der Waals surface area contributed by atoms with E-state index in [1.807, 2.05) is 12.1 Å². The monoisotopic (exact) mass is 440 g/mol. The second-order valence-corrected chi connectivity index (χ2v) is 8.55. The number of methoxy groups -OCH3 is 1. The zero-order chi connectivity index (χ0) is 22.5. The number of rotatable bonds is 8. The van der Waals surface area contributed by atoms with Crippen molar-refractivity contribution in [2.45, 2.75) is 32.9 Å². The molecule has 1 aromatic carbocycles. The summed E-state index contributed by atoms with van der Waals surface area (Å²) < 4.78 is 20.8. The van der Waals surface area contributed by atoms with Crippen molar-refractivity contribution in [3.63, 3.8) is 0 Å². The average molecular weight is 441 g/mol. The van der Waals surface area contributed by atoms with E-state index in [4.69, 9.17) is 4.74 Å². The van der Waals surface area contributed by atoms with Crippen LogP contribution in [-0.4, -0.2) is 75.1 Å². The molecule has 9 nitrogen and oxygen atoms in total. The smallest absolute Gasteiger partial charge is 0.209 e. The highest BCUT2D eigenvalue weighted by molar-refractivity contribution is 5.76. The summed E-state index contributed by atoms with van der Waals surface area (Å²) >= 11 is 0. The van der Waals surface area contributed by atoms with Crippen molar-refractivity contribution >= 4 is 5.69 Å². The molecule has 32 heavy (non-hydrogen) atoms. The molecule has 0 amide bonds. The Bertz CT molecular complexity index is 999. The van der Waals surface area contributed by atoms with Gasteiger partial charge in [-0.15, -0.1) is 10.2 Å². The van der Waals surface area contributed by atoms with E-state index in [0.29, 0.717) is 31.2 Å². The Kier molecular flexibility index (Phi) is 7.01. The molecule has 3 aromatic rings. The minimum atomic E-state index is -0.329. The van der Waals surface area contributed by atoms with E-state index in [0.717, 1.165) is 36.5 Å². The van der Waals surface area contributed by atoms with E-state index in [1.165, 1.54) is 0 Å². The van der Waals surface area contributed by atoms with E-state index in [1.54, 1.807) is 19.4 Å². The van der Waals surface area contributed by atoms with Crippen molar-refractivity contribution in [1.82, 2.24) is 35.7 Å². The SMILES string of the molecule is COCC1CN(c2cc(CC(C)C)cc(F)c2-c2nn[nH]n2)CCN1Cc1cccnn1. The first kappa shape index (κ1) is 22.2. The van der Waals surface area contributed by atoms with Crippen LogP contribution in [0.25, 0.3) is 11.4 Å². The number of ether oxygens (including phenoxy) is 1. The lowest BCUT2D eigenvalue weighted by Gasteiger charge is -2.42. The Labute approximate surface area is 187 Å². The maximum atomic E-state index is 15.3. The van der Waals surface area contributed by atoms with E-state index in [9.17, 15) is 0 Å². The lowest BCUT2D eigenvalue weighted by molar-refractivity contribution is 0.0758. The van der Waals surface area contributed by atoms with Gasteiger partial charge in [-0.3, -0.25) is 4.90 Å². The molecule has 0 saturated carbocycles. The van der Waals surface area contributed by atoms with Crippen LogP contribution in [0.2, 0.25) is 0 Å². The number of nitrogens with zero attached hydrogens (tertiary/aromatic N) is 7. The molecule has 0 spiro atoms. The molecule has 1 unspecified atom stereocenters. The van der Waals surface area contributed by atoms with Crippen LogP contribution >= 0.6 is 0 Å². The fraction of sp³-hybridized carbons (Fsp3) is 0.500. The highest BCUT2D eigenvalue weighted by Gasteiger charge is 2.30. The van der Waals surface area contributed by atoms with Gasteiger partial charge in [-0.2, -0.15) is 15.4 Å². The summed E-state index contributed by atoms with van der Waals surface area (Å²) in [6.45, 7) is 7.71. The van der Waals surface area contributed by atoms with Gasteiger partial charge in [0, 0.05) is 39.5 Å². The van der Waals surface area contributed by atoms with Gasteiger partial charge in [0.1, 0.15) is 5.82 Å². The van der Waals surface area contributed by atoms with Crippen LogP contribution < -0.4 is 4.90 Å². The Morgan fingerprint density at radius 3 is 2.81 bits per heavy atom. The zero-order valence-corrected chi connectivity index (χ0v) is 18.7. The summed E-state index contributed by atoms with van der Waals surface area (Å²) in [7, 11) is 1.70. The van der Waals surface area contributed by atoms with Gasteiger partial charge < -0.3 is 9.64 Å². The Morgan fingerprint density at radius 2 is 2.12 bits per heavy atom. The molecule has 0 radical (unpaired) electrons. The number of aromatic nitrogens is 6. The minimum Gasteiger partial charge on any atom is -0.383 e. The number of H-pyrrole nitrogens is 1. The van der Waals surface area contributed by atoms with Crippen LogP contribution in [-0.2, 0) is 17.7 Å². The third kappa shape index (κ3) is 5.08. The predicted molar refractivity (Wildman–Crippen MR) is 118 cm³/mol. The molecule has 1 saturated heterocycles. The number of anilines is 1.